The van der Waals surface area contributed by atoms with Crippen molar-refractivity contribution in [3.05, 3.63) is 29.3 Å². The van der Waals surface area contributed by atoms with Crippen LogP contribution >= 0.6 is 23.2 Å². The molecule has 0 radical (unpaired) electrons. The van der Waals surface area contributed by atoms with Gasteiger partial charge in [-0.2, -0.15) is 0 Å². The second kappa shape index (κ2) is 10.6. The SMILES string of the molecule is CCCCCCCCCOc1cc(C(=O)Cl)cc(C(=O)Cl)c1. The third kappa shape index (κ3) is 7.28. The van der Waals surface area contributed by atoms with Crippen molar-refractivity contribution in [3.8, 4) is 5.75 Å². The molecule has 0 heterocycles. The van der Waals surface area contributed by atoms with E-state index in [9.17, 15) is 9.59 Å². The van der Waals surface area contributed by atoms with Crippen molar-refractivity contribution in [2.45, 2.75) is 51.9 Å². The lowest BCUT2D eigenvalue weighted by Crippen LogP contribution is -2.01. The summed E-state index contributed by atoms with van der Waals surface area (Å²) in [6.45, 7) is 2.75. The van der Waals surface area contributed by atoms with Crippen molar-refractivity contribution in [2.75, 3.05) is 6.61 Å². The molecule has 5 heteroatoms. The van der Waals surface area contributed by atoms with Crippen molar-refractivity contribution in [1.29, 1.82) is 0 Å². The van der Waals surface area contributed by atoms with E-state index < -0.39 is 10.5 Å². The molecular weight excluding hydrogens is 323 g/mol. The maximum absolute atomic E-state index is 11.2. The van der Waals surface area contributed by atoms with E-state index in [0.717, 1.165) is 12.8 Å². The molecule has 0 spiro atoms. The van der Waals surface area contributed by atoms with Crippen LogP contribution in [0.15, 0.2) is 18.2 Å². The standard InChI is InChI=1S/C17H22Cl2O3/c1-2-3-4-5-6-7-8-9-22-15-11-13(16(18)20)10-14(12-15)17(19)21/h10-12H,2-9H2,1H3. The van der Waals surface area contributed by atoms with Crippen molar-refractivity contribution in [3.63, 3.8) is 0 Å². The van der Waals surface area contributed by atoms with Gasteiger partial charge >= 0.3 is 0 Å². The Labute approximate surface area is 141 Å². The Morgan fingerprint density at radius 2 is 1.36 bits per heavy atom. The Balaban J connectivity index is 2.42. The lowest BCUT2D eigenvalue weighted by molar-refractivity contribution is 0.108. The molecule has 1 aromatic carbocycles. The maximum Gasteiger partial charge on any atom is 0.252 e. The maximum atomic E-state index is 11.2. The summed E-state index contributed by atoms with van der Waals surface area (Å²) in [6, 6.07) is 4.42. The Morgan fingerprint density at radius 3 is 1.86 bits per heavy atom. The topological polar surface area (TPSA) is 43.4 Å². The van der Waals surface area contributed by atoms with Gasteiger partial charge in [-0.05, 0) is 47.8 Å². The van der Waals surface area contributed by atoms with Crippen LogP contribution in [0.25, 0.3) is 0 Å². The molecule has 3 nitrogen and oxygen atoms in total. The summed E-state index contributed by atoms with van der Waals surface area (Å²) >= 11 is 10.9. The third-order valence-electron chi connectivity index (χ3n) is 3.38. The average molecular weight is 345 g/mol. The normalized spacial score (nSPS) is 10.5. The molecule has 0 amide bonds. The molecule has 0 bridgehead atoms. The fourth-order valence-electron chi connectivity index (χ4n) is 2.16. The van der Waals surface area contributed by atoms with Gasteiger partial charge in [-0.1, -0.05) is 45.4 Å². The Hall–Kier alpha value is -1.06. The van der Waals surface area contributed by atoms with Crippen LogP contribution in [0.4, 0.5) is 0 Å². The zero-order valence-corrected chi connectivity index (χ0v) is 14.4. The Morgan fingerprint density at radius 1 is 0.864 bits per heavy atom. The Kier molecular flexibility index (Phi) is 9.17. The number of carbonyl (C=O) groups excluding carboxylic acids is 2. The molecule has 0 aliphatic rings. The summed E-state index contributed by atoms with van der Waals surface area (Å²) in [5.41, 5.74) is 0.422. The lowest BCUT2D eigenvalue weighted by atomic mass is 10.1. The highest BCUT2D eigenvalue weighted by atomic mass is 35.5. The first-order valence-corrected chi connectivity index (χ1v) is 8.47. The molecule has 0 fully saturated rings. The number of benzene rings is 1. The fourth-order valence-corrected chi connectivity index (χ4v) is 2.38. The summed E-state index contributed by atoms with van der Waals surface area (Å²) in [7, 11) is 0. The van der Waals surface area contributed by atoms with Gasteiger partial charge in [0.1, 0.15) is 5.75 Å². The number of unbranched alkanes of at least 4 members (excludes halogenated alkanes) is 6. The van der Waals surface area contributed by atoms with Crippen molar-refractivity contribution >= 4 is 33.7 Å². The van der Waals surface area contributed by atoms with Gasteiger partial charge in [-0.15, -0.1) is 0 Å². The minimum absolute atomic E-state index is 0.211. The molecule has 1 rings (SSSR count). The number of rotatable bonds is 11. The minimum atomic E-state index is -0.638. The number of carbonyl (C=O) groups is 2. The Bertz CT molecular complexity index is 468. The second-order valence-electron chi connectivity index (χ2n) is 5.26. The molecule has 0 saturated carbocycles. The van der Waals surface area contributed by atoms with Gasteiger partial charge in [-0.3, -0.25) is 9.59 Å². The predicted octanol–water partition coefficient (Wildman–Crippen LogP) is 5.57. The van der Waals surface area contributed by atoms with Gasteiger partial charge in [0.05, 0.1) is 6.61 Å². The average Bonchev–Trinajstić information content (AvgIpc) is 2.49. The predicted molar refractivity (Wildman–Crippen MR) is 90.3 cm³/mol. The molecule has 0 unspecified atom stereocenters. The van der Waals surface area contributed by atoms with Crippen LogP contribution in [0.3, 0.4) is 0 Å². The molecule has 0 N–H and O–H groups in total. The van der Waals surface area contributed by atoms with E-state index in [-0.39, 0.29) is 11.1 Å². The quantitative estimate of drug-likeness (QED) is 0.389. The summed E-state index contributed by atoms with van der Waals surface area (Å²) in [4.78, 5) is 22.5. The van der Waals surface area contributed by atoms with E-state index in [1.54, 1.807) is 0 Å². The van der Waals surface area contributed by atoms with Crippen LogP contribution in [0.2, 0.25) is 0 Å². The fraction of sp³-hybridized carbons (Fsp3) is 0.529. The van der Waals surface area contributed by atoms with Crippen molar-refractivity contribution in [2.24, 2.45) is 0 Å². The first kappa shape index (κ1) is 19.0. The summed E-state index contributed by atoms with van der Waals surface area (Å²) in [5, 5.41) is -1.28. The van der Waals surface area contributed by atoms with E-state index in [2.05, 4.69) is 6.92 Å². The van der Waals surface area contributed by atoms with Gasteiger partial charge in [0.25, 0.3) is 10.5 Å². The van der Waals surface area contributed by atoms with Gasteiger partial charge in [0.15, 0.2) is 0 Å². The number of halogens is 2. The third-order valence-corrected chi connectivity index (χ3v) is 3.81. The summed E-state index contributed by atoms with van der Waals surface area (Å²) < 4.78 is 5.59. The number of ether oxygens (including phenoxy) is 1. The van der Waals surface area contributed by atoms with E-state index in [1.807, 2.05) is 0 Å². The van der Waals surface area contributed by atoms with Crippen LogP contribution in [-0.2, 0) is 0 Å². The van der Waals surface area contributed by atoms with Crippen LogP contribution in [0, 0.1) is 0 Å². The van der Waals surface area contributed by atoms with Gasteiger partial charge in [0.2, 0.25) is 0 Å². The monoisotopic (exact) mass is 344 g/mol. The molecule has 22 heavy (non-hydrogen) atoms. The lowest BCUT2D eigenvalue weighted by Gasteiger charge is -2.08. The highest BCUT2D eigenvalue weighted by Gasteiger charge is 2.11. The van der Waals surface area contributed by atoms with E-state index >= 15 is 0 Å². The van der Waals surface area contributed by atoms with Crippen molar-refractivity contribution in [1.82, 2.24) is 0 Å². The zero-order chi connectivity index (χ0) is 16.4. The first-order valence-electron chi connectivity index (χ1n) is 7.72. The molecule has 0 aliphatic heterocycles. The van der Waals surface area contributed by atoms with Crippen LogP contribution < -0.4 is 4.74 Å². The van der Waals surface area contributed by atoms with Gasteiger partial charge in [-0.25, -0.2) is 0 Å². The van der Waals surface area contributed by atoms with Gasteiger partial charge < -0.3 is 4.74 Å². The molecule has 0 saturated heterocycles. The highest BCUT2D eigenvalue weighted by molar-refractivity contribution is 6.69. The molecule has 0 aliphatic carbocycles. The van der Waals surface area contributed by atoms with Crippen LogP contribution in [-0.4, -0.2) is 17.1 Å². The second-order valence-corrected chi connectivity index (χ2v) is 5.95. The van der Waals surface area contributed by atoms with Crippen LogP contribution in [0.1, 0.15) is 72.6 Å². The number of hydrogen-bond donors (Lipinski definition) is 0. The molecule has 122 valence electrons. The summed E-state index contributed by atoms with van der Waals surface area (Å²) in [5.74, 6) is 0.446. The van der Waals surface area contributed by atoms with Crippen molar-refractivity contribution < 1.29 is 14.3 Å². The van der Waals surface area contributed by atoms with E-state index in [0.29, 0.717) is 12.4 Å². The zero-order valence-electron chi connectivity index (χ0n) is 12.9. The van der Waals surface area contributed by atoms with Crippen LogP contribution in [0.5, 0.6) is 5.75 Å². The molecule has 0 atom stereocenters. The molecule has 0 aromatic heterocycles. The molecular formula is C17H22Cl2O3. The number of hydrogen-bond acceptors (Lipinski definition) is 3. The van der Waals surface area contributed by atoms with Gasteiger partial charge in [0, 0.05) is 11.1 Å². The minimum Gasteiger partial charge on any atom is -0.494 e. The van der Waals surface area contributed by atoms with E-state index in [1.165, 1.54) is 50.3 Å². The molecule has 1 aromatic rings. The smallest absolute Gasteiger partial charge is 0.252 e. The van der Waals surface area contributed by atoms with E-state index in [4.69, 9.17) is 27.9 Å². The largest absolute Gasteiger partial charge is 0.494 e. The first-order chi connectivity index (χ1) is 10.5. The summed E-state index contributed by atoms with van der Waals surface area (Å²) in [6.07, 6.45) is 8.35. The highest BCUT2D eigenvalue weighted by Crippen LogP contribution is 2.20.